The van der Waals surface area contributed by atoms with Crippen LogP contribution in [0.4, 0.5) is 5.82 Å². The van der Waals surface area contributed by atoms with Crippen molar-refractivity contribution in [2.24, 2.45) is 5.92 Å². The fraction of sp³-hybridized carbons (Fsp3) is 0.500. The number of aromatic nitrogens is 3. The summed E-state index contributed by atoms with van der Waals surface area (Å²) in [7, 11) is 2.29. The molecule has 0 radical (unpaired) electrons. The smallest absolute Gasteiger partial charge is 0.129 e. The van der Waals surface area contributed by atoms with Crippen LogP contribution in [0.15, 0.2) is 42.5 Å². The average molecular weight is 502 g/mol. The number of nitrogens with one attached hydrogen (secondary N) is 1. The Labute approximate surface area is 220 Å². The molecule has 4 heterocycles. The molecule has 3 aromatic rings. The van der Waals surface area contributed by atoms with Crippen LogP contribution in [-0.4, -0.2) is 58.4 Å². The molecule has 2 aliphatic rings. The van der Waals surface area contributed by atoms with Gasteiger partial charge in [0.15, 0.2) is 0 Å². The summed E-state index contributed by atoms with van der Waals surface area (Å²) in [6.07, 6.45) is 5.61. The molecule has 0 bridgehead atoms. The Morgan fingerprint density at radius 3 is 2.89 bits per heavy atom. The van der Waals surface area contributed by atoms with Crippen molar-refractivity contribution in [1.82, 2.24) is 14.8 Å². The molecule has 5 rings (SSSR count). The van der Waals surface area contributed by atoms with Crippen LogP contribution in [0, 0.1) is 19.8 Å². The van der Waals surface area contributed by atoms with E-state index in [9.17, 15) is 9.90 Å². The topological polar surface area (TPSA) is 82.9 Å². The molecule has 7 nitrogen and oxygen atoms in total. The van der Waals surface area contributed by atoms with Gasteiger partial charge >= 0.3 is 0 Å². The van der Waals surface area contributed by atoms with Crippen molar-refractivity contribution in [2.45, 2.75) is 58.3 Å². The van der Waals surface area contributed by atoms with E-state index in [2.05, 4.69) is 47.8 Å². The van der Waals surface area contributed by atoms with E-state index in [-0.39, 0.29) is 12.3 Å². The zero-order valence-electron chi connectivity index (χ0n) is 22.4. The van der Waals surface area contributed by atoms with Crippen LogP contribution in [-0.2, 0) is 17.6 Å². The second-order valence-corrected chi connectivity index (χ2v) is 11.4. The van der Waals surface area contributed by atoms with E-state index in [4.69, 9.17) is 4.98 Å². The summed E-state index contributed by atoms with van der Waals surface area (Å²) in [6, 6.07) is 14.7. The minimum absolute atomic E-state index is 0.0329. The van der Waals surface area contributed by atoms with Gasteiger partial charge in [0.25, 0.3) is 0 Å². The molecule has 3 atom stereocenters. The number of anilines is 1. The number of carboxylic acid groups (broad SMARTS) is 1. The number of likely N-dealkylation sites (N-methyl/N-ethyl adjacent to an activating group) is 1. The highest BCUT2D eigenvalue weighted by Gasteiger charge is 2.36. The number of carbonyl (C=O) groups is 1. The predicted octanol–water partition coefficient (Wildman–Crippen LogP) is 3.57. The number of carboxylic acids is 1. The number of aryl methyl sites for hydroxylation is 4. The maximum atomic E-state index is 11.8. The molecule has 0 unspecified atom stereocenters. The van der Waals surface area contributed by atoms with Crippen molar-refractivity contribution >= 4 is 11.8 Å². The van der Waals surface area contributed by atoms with Crippen molar-refractivity contribution in [2.75, 3.05) is 38.5 Å². The lowest BCUT2D eigenvalue weighted by atomic mass is 9.93. The van der Waals surface area contributed by atoms with Gasteiger partial charge in [-0.05, 0) is 81.3 Å². The van der Waals surface area contributed by atoms with E-state index >= 15 is 0 Å². The highest BCUT2D eigenvalue weighted by atomic mass is 16.4. The van der Waals surface area contributed by atoms with E-state index in [0.717, 1.165) is 78.4 Å². The number of carbonyl (C=O) groups excluding carboxylic acids is 1. The molecule has 1 fully saturated rings. The zero-order valence-corrected chi connectivity index (χ0v) is 22.4. The van der Waals surface area contributed by atoms with Crippen molar-refractivity contribution in [3.05, 3.63) is 70.7 Å². The molecule has 0 aliphatic carbocycles. The third kappa shape index (κ3) is 6.04. The molecule has 2 aromatic heterocycles. The minimum atomic E-state index is -0.990. The van der Waals surface area contributed by atoms with Gasteiger partial charge in [0.2, 0.25) is 0 Å². The largest absolute Gasteiger partial charge is 0.550 e. The standard InChI is InChI=1S/C30H39N5O2/c1-21-16-22(2)34(33-21)28-8-4-6-25(17-28)26(18-29(36)37)20-35(3)15-13-23(19-35)9-11-27-12-10-24-7-5-14-31-30(24)32-27/h4,6,8,10,12,16-17,23,26H,5,7,9,11,13-15,18-20H2,1-3H3,(H-,31,32,36,37)/t23-,26-,35+/m1/s1. The zero-order chi connectivity index (χ0) is 26.0. The van der Waals surface area contributed by atoms with E-state index in [1.807, 2.05) is 30.7 Å². The van der Waals surface area contributed by atoms with Gasteiger partial charge in [-0.15, -0.1) is 0 Å². The molecule has 7 heteroatoms. The Morgan fingerprint density at radius 1 is 1.24 bits per heavy atom. The first-order valence-electron chi connectivity index (χ1n) is 13.7. The first-order chi connectivity index (χ1) is 17.8. The first-order valence-corrected chi connectivity index (χ1v) is 13.7. The highest BCUT2D eigenvalue weighted by molar-refractivity contribution is 5.65. The number of likely N-dealkylation sites (tertiary alicyclic amines) is 1. The molecular weight excluding hydrogens is 462 g/mol. The lowest BCUT2D eigenvalue weighted by Gasteiger charge is -2.34. The normalized spacial score (nSPS) is 21.9. The Morgan fingerprint density at radius 2 is 2.11 bits per heavy atom. The number of hydrogen-bond acceptors (Lipinski definition) is 5. The van der Waals surface area contributed by atoms with Crippen molar-refractivity contribution in [3.8, 4) is 5.69 Å². The van der Waals surface area contributed by atoms with Crippen LogP contribution in [0.5, 0.6) is 0 Å². The summed E-state index contributed by atoms with van der Waals surface area (Å²) in [5.41, 5.74) is 6.56. The molecule has 2 aliphatic heterocycles. The summed E-state index contributed by atoms with van der Waals surface area (Å²) in [5.74, 6) is 0.610. The summed E-state index contributed by atoms with van der Waals surface area (Å²) >= 11 is 0. The maximum absolute atomic E-state index is 11.8. The molecule has 1 aromatic carbocycles. The number of benzene rings is 1. The molecule has 1 N–H and O–H groups in total. The van der Waals surface area contributed by atoms with E-state index in [1.165, 1.54) is 24.1 Å². The van der Waals surface area contributed by atoms with Gasteiger partial charge in [-0.2, -0.15) is 5.10 Å². The Balaban J connectivity index is 1.25. The number of fused-ring (bicyclic) bond motifs is 1. The molecule has 0 saturated carbocycles. The lowest BCUT2D eigenvalue weighted by molar-refractivity contribution is -0.900. The van der Waals surface area contributed by atoms with Gasteiger partial charge in [0, 0.05) is 42.2 Å². The third-order valence-electron chi connectivity index (χ3n) is 8.21. The first kappa shape index (κ1) is 25.5. The fourth-order valence-corrected chi connectivity index (χ4v) is 6.38. The molecule has 0 amide bonds. The number of aliphatic carboxylic acids is 1. The Bertz CT molecular complexity index is 1270. The average Bonchev–Trinajstić information content (AvgIpc) is 3.42. The second kappa shape index (κ2) is 10.7. The van der Waals surface area contributed by atoms with Crippen LogP contribution in [0.25, 0.3) is 5.69 Å². The summed E-state index contributed by atoms with van der Waals surface area (Å²) in [4.78, 5) is 16.6. The summed E-state index contributed by atoms with van der Waals surface area (Å²) in [5, 5.41) is 19.8. The minimum Gasteiger partial charge on any atom is -0.550 e. The Hall–Kier alpha value is -3.19. The van der Waals surface area contributed by atoms with Crippen molar-refractivity contribution < 1.29 is 14.4 Å². The van der Waals surface area contributed by atoms with Crippen LogP contribution >= 0.6 is 0 Å². The van der Waals surface area contributed by atoms with Crippen molar-refractivity contribution in [1.29, 1.82) is 0 Å². The number of hydrogen-bond donors (Lipinski definition) is 1. The van der Waals surface area contributed by atoms with E-state index in [0.29, 0.717) is 5.92 Å². The summed E-state index contributed by atoms with van der Waals surface area (Å²) < 4.78 is 2.83. The lowest BCUT2D eigenvalue weighted by Crippen LogP contribution is -2.45. The van der Waals surface area contributed by atoms with Gasteiger partial charge in [0.05, 0.1) is 38.1 Å². The predicted molar refractivity (Wildman–Crippen MR) is 144 cm³/mol. The highest BCUT2D eigenvalue weighted by Crippen LogP contribution is 2.32. The monoisotopic (exact) mass is 501 g/mol. The van der Waals surface area contributed by atoms with Gasteiger partial charge in [0.1, 0.15) is 5.82 Å². The maximum Gasteiger partial charge on any atom is 0.129 e. The number of nitrogens with zero attached hydrogens (tertiary/aromatic N) is 4. The number of rotatable bonds is 9. The summed E-state index contributed by atoms with van der Waals surface area (Å²) in [6.45, 7) is 7.98. The fourth-order valence-electron chi connectivity index (χ4n) is 6.38. The van der Waals surface area contributed by atoms with Crippen LogP contribution in [0.3, 0.4) is 0 Å². The third-order valence-corrected chi connectivity index (χ3v) is 8.21. The molecule has 37 heavy (non-hydrogen) atoms. The van der Waals surface area contributed by atoms with Gasteiger partial charge in [-0.3, -0.25) is 0 Å². The van der Waals surface area contributed by atoms with Crippen LogP contribution in [0.1, 0.15) is 59.8 Å². The number of quaternary nitrogens is 1. The molecular formula is C30H39N5O2. The van der Waals surface area contributed by atoms with Gasteiger partial charge < -0.3 is 19.7 Å². The molecule has 196 valence electrons. The van der Waals surface area contributed by atoms with E-state index in [1.54, 1.807) is 0 Å². The number of pyridine rings is 1. The quantitative estimate of drug-likeness (QED) is 0.454. The van der Waals surface area contributed by atoms with Crippen LogP contribution in [0.2, 0.25) is 0 Å². The Kier molecular flexibility index (Phi) is 7.33. The molecule has 0 spiro atoms. The van der Waals surface area contributed by atoms with Gasteiger partial charge in [-0.25, -0.2) is 9.67 Å². The van der Waals surface area contributed by atoms with Gasteiger partial charge in [-0.1, -0.05) is 18.2 Å². The SMILES string of the molecule is Cc1cc(C)n(-c2cccc([C@H](CC(=O)[O-])C[N@@+]3(C)CC[C@@H](CCc4ccc5c(n4)NCCC5)C3)c2)n1. The molecule has 1 saturated heterocycles. The van der Waals surface area contributed by atoms with Crippen LogP contribution < -0.4 is 10.4 Å². The van der Waals surface area contributed by atoms with E-state index < -0.39 is 5.97 Å². The van der Waals surface area contributed by atoms with Crippen molar-refractivity contribution in [3.63, 3.8) is 0 Å². The second-order valence-electron chi connectivity index (χ2n) is 11.4.